The minimum atomic E-state index is -0.680. The molecule has 0 N–H and O–H groups in total. The zero-order valence-corrected chi connectivity index (χ0v) is 17.5. The number of rotatable bonds is 2. The molecule has 0 radical (unpaired) electrons. The van der Waals surface area contributed by atoms with Gasteiger partial charge in [0.05, 0.1) is 29.4 Å². The molecule has 0 bridgehead atoms. The Morgan fingerprint density at radius 2 is 1.84 bits per heavy atom. The van der Waals surface area contributed by atoms with Gasteiger partial charge in [-0.2, -0.15) is 0 Å². The maximum atomic E-state index is 13.6. The van der Waals surface area contributed by atoms with Gasteiger partial charge in [-0.15, -0.1) is 0 Å². The van der Waals surface area contributed by atoms with Crippen molar-refractivity contribution in [3.05, 3.63) is 82.3 Å². The van der Waals surface area contributed by atoms with E-state index in [9.17, 15) is 9.59 Å². The molecule has 0 amide bonds. The molecule has 0 saturated heterocycles. The first kappa shape index (κ1) is 18.5. The highest BCUT2D eigenvalue weighted by Crippen LogP contribution is 2.34. The maximum Gasteiger partial charge on any atom is 0.345 e. The van der Waals surface area contributed by atoms with Gasteiger partial charge in [-0.25, -0.2) is 19.2 Å². The van der Waals surface area contributed by atoms with Gasteiger partial charge in [-0.05, 0) is 43.0 Å². The Morgan fingerprint density at radius 1 is 1.06 bits per heavy atom. The predicted molar refractivity (Wildman–Crippen MR) is 123 cm³/mol. The molecule has 2 aliphatic heterocycles. The van der Waals surface area contributed by atoms with E-state index in [0.29, 0.717) is 17.1 Å². The summed E-state index contributed by atoms with van der Waals surface area (Å²) in [5, 5.41) is 2.84. The van der Waals surface area contributed by atoms with E-state index in [1.807, 2.05) is 66.1 Å². The van der Waals surface area contributed by atoms with Gasteiger partial charge in [0.15, 0.2) is 0 Å². The third kappa shape index (κ3) is 2.36. The van der Waals surface area contributed by atoms with Crippen LogP contribution in [0.15, 0.2) is 65.6 Å². The molecule has 6 rings (SSSR count). The number of aryl methyl sites for hydroxylation is 1. The second kappa shape index (κ2) is 6.62. The Labute approximate surface area is 181 Å². The van der Waals surface area contributed by atoms with Gasteiger partial charge in [-0.1, -0.05) is 36.4 Å². The van der Waals surface area contributed by atoms with Crippen molar-refractivity contribution in [3.63, 3.8) is 0 Å². The molecule has 7 heteroatoms. The molecule has 32 heavy (non-hydrogen) atoms. The number of nitrogens with zero attached hydrogens (tertiary/aromatic N) is 4. The van der Waals surface area contributed by atoms with Crippen LogP contribution >= 0.6 is 0 Å². The molecule has 0 fully saturated rings. The van der Waals surface area contributed by atoms with E-state index < -0.39 is 11.5 Å². The fraction of sp³-hybridized carbons (Fsp3) is 0.120. The summed E-state index contributed by atoms with van der Waals surface area (Å²) in [6.45, 7) is 3.81. The Bertz CT molecular complexity index is 1740. The maximum absolute atomic E-state index is 13.6. The van der Waals surface area contributed by atoms with Crippen LogP contribution in [0.4, 0.5) is 0 Å². The summed E-state index contributed by atoms with van der Waals surface area (Å²) in [5.74, 6) is 0.414. The van der Waals surface area contributed by atoms with Gasteiger partial charge in [0, 0.05) is 10.8 Å². The van der Waals surface area contributed by atoms with Crippen molar-refractivity contribution in [2.45, 2.75) is 13.8 Å². The molecule has 0 atom stereocenters. The van der Waals surface area contributed by atoms with E-state index >= 15 is 0 Å². The van der Waals surface area contributed by atoms with Crippen LogP contribution in [0, 0.1) is 6.92 Å². The van der Waals surface area contributed by atoms with Crippen LogP contribution in [0.2, 0.25) is 0 Å². The molecule has 7 nitrogen and oxygen atoms in total. The molecule has 2 aliphatic rings. The summed E-state index contributed by atoms with van der Waals surface area (Å²) in [6, 6.07) is 17.8. The third-order valence-electron chi connectivity index (χ3n) is 5.88. The van der Waals surface area contributed by atoms with Gasteiger partial charge in [0.1, 0.15) is 11.4 Å². The van der Waals surface area contributed by atoms with Crippen molar-refractivity contribution in [2.24, 2.45) is 0 Å². The van der Waals surface area contributed by atoms with Gasteiger partial charge < -0.3 is 4.74 Å². The van der Waals surface area contributed by atoms with Gasteiger partial charge in [-0.3, -0.25) is 9.36 Å². The highest BCUT2D eigenvalue weighted by molar-refractivity contribution is 6.09. The molecule has 0 aliphatic carbocycles. The number of hydrogen-bond acceptors (Lipinski definition) is 5. The Hall–Kier alpha value is -4.26. The zero-order chi connectivity index (χ0) is 22.0. The van der Waals surface area contributed by atoms with E-state index in [0.717, 1.165) is 32.8 Å². The summed E-state index contributed by atoms with van der Waals surface area (Å²) < 4.78 is 8.49. The largest absolute Gasteiger partial charge is 0.462 e. The van der Waals surface area contributed by atoms with Crippen molar-refractivity contribution < 1.29 is 9.53 Å². The van der Waals surface area contributed by atoms with E-state index in [-0.39, 0.29) is 12.2 Å². The number of esters is 1. The summed E-state index contributed by atoms with van der Waals surface area (Å²) >= 11 is 0. The van der Waals surface area contributed by atoms with Crippen molar-refractivity contribution in [2.75, 3.05) is 6.61 Å². The number of carbonyl (C=O) groups excluding carboxylic acids is 1. The first-order valence-corrected chi connectivity index (χ1v) is 10.4. The fourth-order valence-electron chi connectivity index (χ4n) is 4.53. The van der Waals surface area contributed by atoms with E-state index in [4.69, 9.17) is 9.72 Å². The number of fused-ring (bicyclic) bond motifs is 7. The summed E-state index contributed by atoms with van der Waals surface area (Å²) in [7, 11) is 0. The van der Waals surface area contributed by atoms with E-state index in [2.05, 4.69) is 4.98 Å². The van der Waals surface area contributed by atoms with E-state index in [1.54, 1.807) is 6.92 Å². The lowest BCUT2D eigenvalue weighted by Crippen LogP contribution is -2.27. The van der Waals surface area contributed by atoms with Crippen LogP contribution in [0.1, 0.15) is 22.8 Å². The van der Waals surface area contributed by atoms with Gasteiger partial charge in [0.2, 0.25) is 5.78 Å². The van der Waals surface area contributed by atoms with E-state index in [1.165, 1.54) is 10.6 Å². The normalized spacial score (nSPS) is 11.8. The van der Waals surface area contributed by atoms with Crippen LogP contribution in [0.5, 0.6) is 0 Å². The Kier molecular flexibility index (Phi) is 3.83. The molecule has 4 aromatic rings. The van der Waals surface area contributed by atoms with Crippen LogP contribution in [0.25, 0.3) is 44.3 Å². The molecule has 156 valence electrons. The smallest absolute Gasteiger partial charge is 0.345 e. The quantitative estimate of drug-likeness (QED) is 0.237. The number of benzene rings is 3. The first-order valence-electron chi connectivity index (χ1n) is 10.4. The second-order valence-corrected chi connectivity index (χ2v) is 7.73. The number of carbonyl (C=O) groups is 1. The lowest BCUT2D eigenvalue weighted by atomic mass is 10.1. The third-order valence-corrected chi connectivity index (χ3v) is 5.88. The average molecular weight is 422 g/mol. The van der Waals surface area contributed by atoms with Gasteiger partial charge >= 0.3 is 5.97 Å². The molecule has 3 heterocycles. The number of para-hydroxylation sites is 1. The Morgan fingerprint density at radius 3 is 2.66 bits per heavy atom. The topological polar surface area (TPSA) is 78.5 Å². The molecular weight excluding hydrogens is 404 g/mol. The molecular formula is C25H18N4O3. The van der Waals surface area contributed by atoms with Gasteiger partial charge in [0.25, 0.3) is 5.56 Å². The lowest BCUT2D eigenvalue weighted by molar-refractivity contribution is 0.0523. The minimum absolute atomic E-state index is 0.0965. The molecule has 1 aromatic heterocycles. The first-order chi connectivity index (χ1) is 15.6. The lowest BCUT2D eigenvalue weighted by Gasteiger charge is -2.21. The van der Waals surface area contributed by atoms with Crippen LogP contribution < -0.4 is 5.56 Å². The standard InChI is InChI=1S/C25H18N4O3/c1-3-32-24(31)17-13-26-25-28-19-12-6-9-15-8-5-11-18(20(15)19)27-22(28)16-10-4-7-14(2)21(16)29(25)23(17)30/h4-13H,3H2,1-2H3. The zero-order valence-electron chi connectivity index (χ0n) is 17.5. The van der Waals surface area contributed by atoms with Crippen molar-refractivity contribution in [1.82, 2.24) is 18.9 Å². The Balaban J connectivity index is 1.94. The SMILES string of the molecule is CCOC(=O)c1cnc2n3c4cccc5cccc(nc-3c3cccc(C)c3n2c1=O)c54. The number of aromatic nitrogens is 4. The predicted octanol–water partition coefficient (Wildman–Crippen LogP) is 4.26. The minimum Gasteiger partial charge on any atom is -0.462 e. The molecule has 0 spiro atoms. The average Bonchev–Trinajstić information content (AvgIpc) is 2.80. The highest BCUT2D eigenvalue weighted by atomic mass is 16.5. The van der Waals surface area contributed by atoms with Crippen molar-refractivity contribution >= 4 is 44.5 Å². The summed E-state index contributed by atoms with van der Waals surface area (Å²) in [4.78, 5) is 35.6. The summed E-state index contributed by atoms with van der Waals surface area (Å²) in [6.07, 6.45) is 1.30. The number of hydrogen-bond donors (Lipinski definition) is 0. The highest BCUT2D eigenvalue weighted by Gasteiger charge is 2.23. The van der Waals surface area contributed by atoms with Crippen molar-refractivity contribution in [1.29, 1.82) is 0 Å². The fourth-order valence-corrected chi connectivity index (χ4v) is 4.53. The summed E-state index contributed by atoms with van der Waals surface area (Å²) in [5.41, 5.74) is 2.76. The second-order valence-electron chi connectivity index (χ2n) is 7.73. The van der Waals surface area contributed by atoms with Crippen LogP contribution in [-0.2, 0) is 4.74 Å². The molecule has 0 saturated carbocycles. The monoisotopic (exact) mass is 422 g/mol. The number of ether oxygens (including phenoxy) is 1. The molecule has 0 unspecified atom stereocenters. The molecule has 3 aromatic carbocycles. The van der Waals surface area contributed by atoms with Crippen molar-refractivity contribution in [3.8, 4) is 5.82 Å². The van der Waals surface area contributed by atoms with Crippen LogP contribution in [-0.4, -0.2) is 31.5 Å². The van der Waals surface area contributed by atoms with Crippen LogP contribution in [0.3, 0.4) is 0 Å².